The summed E-state index contributed by atoms with van der Waals surface area (Å²) in [7, 11) is 0. The average Bonchev–Trinajstić information content (AvgIpc) is 3.61. The summed E-state index contributed by atoms with van der Waals surface area (Å²) in [5.74, 6) is -1.11. The minimum atomic E-state index is -1.61. The lowest BCUT2D eigenvalue weighted by molar-refractivity contribution is -0.124. The van der Waals surface area contributed by atoms with Gasteiger partial charge in [0.2, 0.25) is 5.91 Å². The highest BCUT2D eigenvalue weighted by molar-refractivity contribution is 7.21. The lowest BCUT2D eigenvalue weighted by Crippen LogP contribution is -2.53. The number of nitrogens with one attached hydrogen (secondary N) is 2. The number of benzene rings is 1. The zero-order valence-electron chi connectivity index (χ0n) is 22.1. The Morgan fingerprint density at radius 3 is 2.54 bits per heavy atom. The first-order chi connectivity index (χ1) is 19.7. The zero-order chi connectivity index (χ0) is 28.9. The number of ketones is 1. The van der Waals surface area contributed by atoms with E-state index >= 15 is 0 Å². The van der Waals surface area contributed by atoms with Crippen LogP contribution in [-0.2, 0) is 15.1 Å². The van der Waals surface area contributed by atoms with Crippen LogP contribution < -0.4 is 27.8 Å². The van der Waals surface area contributed by atoms with Gasteiger partial charge in [-0.25, -0.2) is 0 Å². The lowest BCUT2D eigenvalue weighted by atomic mass is 9.70. The molecule has 1 fully saturated rings. The lowest BCUT2D eigenvalue weighted by Gasteiger charge is -2.36. The van der Waals surface area contributed by atoms with Gasteiger partial charge >= 0.3 is 0 Å². The molecule has 6 rings (SSSR count). The number of carbonyl (C=O) groups is 3. The molecule has 0 aliphatic heterocycles. The number of Topliss-reactive ketones (excluding diaryl/α,β-unsaturated/α-hetero) is 1. The van der Waals surface area contributed by atoms with Crippen LogP contribution in [0.5, 0.6) is 0 Å². The highest BCUT2D eigenvalue weighted by Crippen LogP contribution is 2.49. The van der Waals surface area contributed by atoms with E-state index in [4.69, 9.17) is 17.2 Å². The van der Waals surface area contributed by atoms with Gasteiger partial charge in [0.05, 0.1) is 27.0 Å². The fourth-order valence-corrected chi connectivity index (χ4v) is 7.16. The van der Waals surface area contributed by atoms with Crippen LogP contribution in [0, 0.1) is 0 Å². The maximum atomic E-state index is 14.1. The van der Waals surface area contributed by atoms with Crippen LogP contribution in [0.2, 0.25) is 0 Å². The van der Waals surface area contributed by atoms with E-state index < -0.39 is 17.4 Å². The van der Waals surface area contributed by atoms with E-state index in [2.05, 4.69) is 27.2 Å². The number of anilines is 1. The smallest absolute Gasteiger partial charge is 0.262 e. The Morgan fingerprint density at radius 1 is 1.05 bits per heavy atom. The Morgan fingerprint density at radius 2 is 1.80 bits per heavy atom. The number of thiophene rings is 1. The summed E-state index contributed by atoms with van der Waals surface area (Å²) >= 11 is 1.19. The van der Waals surface area contributed by atoms with Crippen molar-refractivity contribution >= 4 is 44.7 Å². The van der Waals surface area contributed by atoms with E-state index in [1.165, 1.54) is 17.4 Å². The first-order valence-electron chi connectivity index (χ1n) is 13.3. The second-order valence-corrected chi connectivity index (χ2v) is 11.4. The molecule has 1 aromatic carbocycles. The van der Waals surface area contributed by atoms with Crippen LogP contribution in [0.1, 0.15) is 51.7 Å². The molecule has 208 valence electrons. The molecule has 41 heavy (non-hydrogen) atoms. The first-order valence-corrected chi connectivity index (χ1v) is 14.1. The van der Waals surface area contributed by atoms with Gasteiger partial charge in [-0.1, -0.05) is 18.7 Å². The molecule has 2 aliphatic rings. The SMILES string of the molecule is C=CC(=O)N[C@H]1CCC[C@H]1NC(=O)c1sc2c(N)ccc3c2c1C(N)C(=O)C3(N)c1ccnc(-c2ccccn2)c1. The number of pyridine rings is 2. The monoisotopic (exact) mass is 567 g/mol. The summed E-state index contributed by atoms with van der Waals surface area (Å²) in [5.41, 5.74) is 21.5. The van der Waals surface area contributed by atoms with Crippen LogP contribution >= 0.6 is 11.3 Å². The number of nitrogen functional groups attached to an aromatic ring is 1. The summed E-state index contributed by atoms with van der Waals surface area (Å²) in [5, 5.41) is 6.56. The van der Waals surface area contributed by atoms with Gasteiger partial charge in [0.25, 0.3) is 5.91 Å². The third-order valence-corrected chi connectivity index (χ3v) is 9.26. The quantitative estimate of drug-likeness (QED) is 0.174. The predicted octanol–water partition coefficient (Wildman–Crippen LogP) is 2.68. The van der Waals surface area contributed by atoms with Crippen molar-refractivity contribution in [2.45, 2.75) is 42.9 Å². The van der Waals surface area contributed by atoms with Crippen LogP contribution in [0.15, 0.2) is 67.5 Å². The maximum absolute atomic E-state index is 14.1. The van der Waals surface area contributed by atoms with Crippen LogP contribution in [-0.4, -0.2) is 39.6 Å². The summed E-state index contributed by atoms with van der Waals surface area (Å²) in [6.07, 6.45) is 6.76. The van der Waals surface area contributed by atoms with Crippen molar-refractivity contribution in [2.24, 2.45) is 11.5 Å². The Kier molecular flexibility index (Phi) is 6.65. The summed E-state index contributed by atoms with van der Waals surface area (Å²) < 4.78 is 0.641. The fraction of sp³-hybridized carbons (Fsp3) is 0.233. The topological polar surface area (TPSA) is 179 Å². The molecule has 0 spiro atoms. The highest BCUT2D eigenvalue weighted by Gasteiger charge is 2.49. The largest absolute Gasteiger partial charge is 0.398 e. The van der Waals surface area contributed by atoms with E-state index in [0.717, 1.165) is 12.8 Å². The molecule has 8 N–H and O–H groups in total. The van der Waals surface area contributed by atoms with E-state index in [-0.39, 0.29) is 23.9 Å². The predicted molar refractivity (Wildman–Crippen MR) is 158 cm³/mol. The van der Waals surface area contributed by atoms with Gasteiger partial charge in [-0.2, -0.15) is 0 Å². The third-order valence-electron chi connectivity index (χ3n) is 8.01. The molecule has 4 atom stereocenters. The average molecular weight is 568 g/mol. The number of carbonyl (C=O) groups excluding carboxylic acids is 3. The van der Waals surface area contributed by atoms with Crippen molar-refractivity contribution in [3.8, 4) is 11.4 Å². The number of rotatable bonds is 6. The Bertz CT molecular complexity index is 1720. The molecule has 3 heterocycles. The number of nitrogens with two attached hydrogens (primary N) is 3. The Labute approximate surface area is 240 Å². The van der Waals surface area contributed by atoms with Crippen LogP contribution in [0.4, 0.5) is 5.69 Å². The maximum Gasteiger partial charge on any atom is 0.262 e. The number of nitrogens with zero attached hydrogens (tertiary/aromatic N) is 2. The van der Waals surface area contributed by atoms with Gasteiger partial charge in [0.1, 0.15) is 5.54 Å². The molecule has 11 heteroatoms. The zero-order valence-corrected chi connectivity index (χ0v) is 22.9. The van der Waals surface area contributed by atoms with Gasteiger partial charge in [0, 0.05) is 41.1 Å². The normalized spacial score (nSPS) is 23.4. The molecule has 1 saturated carbocycles. The van der Waals surface area contributed by atoms with E-state index in [1.54, 1.807) is 36.7 Å². The fourth-order valence-electron chi connectivity index (χ4n) is 5.96. The molecule has 10 nitrogen and oxygen atoms in total. The van der Waals surface area contributed by atoms with Gasteiger partial charge in [-0.3, -0.25) is 24.4 Å². The molecule has 0 radical (unpaired) electrons. The van der Waals surface area contributed by atoms with Gasteiger partial charge in [-0.15, -0.1) is 11.3 Å². The van der Waals surface area contributed by atoms with Crippen LogP contribution in [0.25, 0.3) is 21.5 Å². The molecule has 0 saturated heterocycles. The first kappa shape index (κ1) is 26.8. The standard InChI is InChI=1S/C30H29N7O3S/c1-2-22(38)36-19-7-5-8-20(19)37-29(40)27-24-23-16(9-10-17(31)26(23)41-27)30(33,28(39)25(24)32)15-11-13-35-21(14-15)18-6-3-4-12-34-18/h2-4,6,9-14,19-20,25H,1,5,7-8,31-33H2,(H,36,38)(H,37,40)/t19-,20+,25?,30?/m0/s1. The number of aromatic nitrogens is 2. The van der Waals surface area contributed by atoms with Crippen molar-refractivity contribution in [2.75, 3.05) is 5.73 Å². The number of hydrogen-bond acceptors (Lipinski definition) is 9. The van der Waals surface area contributed by atoms with Gasteiger partial charge in [-0.05, 0) is 66.8 Å². The third kappa shape index (κ3) is 4.29. The van der Waals surface area contributed by atoms with E-state index in [9.17, 15) is 14.4 Å². The van der Waals surface area contributed by atoms with Crippen molar-refractivity contribution in [1.82, 2.24) is 20.6 Å². The van der Waals surface area contributed by atoms with E-state index in [0.29, 0.717) is 55.1 Å². The van der Waals surface area contributed by atoms with Crippen molar-refractivity contribution < 1.29 is 14.4 Å². The summed E-state index contributed by atoms with van der Waals surface area (Å²) in [6, 6.07) is 10.7. The molecular formula is C30H29N7O3S. The minimum absolute atomic E-state index is 0.220. The molecule has 3 aromatic heterocycles. The van der Waals surface area contributed by atoms with Gasteiger partial charge in [0.15, 0.2) is 5.78 Å². The molecule has 4 aromatic rings. The number of amides is 2. The summed E-state index contributed by atoms with van der Waals surface area (Å²) in [6.45, 7) is 3.50. The molecular weight excluding hydrogens is 538 g/mol. The Balaban J connectivity index is 1.44. The minimum Gasteiger partial charge on any atom is -0.398 e. The molecule has 2 aliphatic carbocycles. The second-order valence-electron chi connectivity index (χ2n) is 10.4. The van der Waals surface area contributed by atoms with E-state index in [1.807, 2.05) is 18.2 Å². The second kappa shape index (κ2) is 10.2. The van der Waals surface area contributed by atoms with Crippen molar-refractivity contribution in [1.29, 1.82) is 0 Å². The van der Waals surface area contributed by atoms with Crippen molar-refractivity contribution in [3.63, 3.8) is 0 Å². The van der Waals surface area contributed by atoms with Crippen molar-refractivity contribution in [3.05, 3.63) is 89.1 Å². The molecule has 2 unspecified atom stereocenters. The molecule has 0 bridgehead atoms. The summed E-state index contributed by atoms with van der Waals surface area (Å²) in [4.78, 5) is 48.8. The van der Waals surface area contributed by atoms with Gasteiger partial charge < -0.3 is 27.8 Å². The Hall–Kier alpha value is -4.45. The number of hydrogen-bond donors (Lipinski definition) is 5. The van der Waals surface area contributed by atoms with Crippen LogP contribution in [0.3, 0.4) is 0 Å². The molecule has 2 amide bonds. The highest BCUT2D eigenvalue weighted by atomic mass is 32.1.